The Labute approximate surface area is 181 Å². The number of aryl methyl sites for hydroxylation is 2. The van der Waals surface area contributed by atoms with Gasteiger partial charge in [0.2, 0.25) is 0 Å². The number of rotatable bonds is 5. The van der Waals surface area contributed by atoms with Gasteiger partial charge in [0.15, 0.2) is 5.82 Å². The molecule has 162 valence electrons. The molecule has 0 atom stereocenters. The van der Waals surface area contributed by atoms with Crippen molar-refractivity contribution in [2.75, 3.05) is 11.8 Å². The van der Waals surface area contributed by atoms with Crippen LogP contribution in [0.25, 0.3) is 11.4 Å². The van der Waals surface area contributed by atoms with Crippen LogP contribution >= 0.6 is 0 Å². The zero-order valence-electron chi connectivity index (χ0n) is 17.5. The van der Waals surface area contributed by atoms with Crippen LogP contribution in [0, 0.1) is 6.92 Å². The summed E-state index contributed by atoms with van der Waals surface area (Å²) >= 11 is 0. The second-order valence-electron chi connectivity index (χ2n) is 7.53. The summed E-state index contributed by atoms with van der Waals surface area (Å²) in [6, 6.07) is 11.6. The average Bonchev–Trinajstić information content (AvgIpc) is 3.01. The number of esters is 1. The van der Waals surface area contributed by atoms with Crippen LogP contribution in [0.3, 0.4) is 0 Å². The van der Waals surface area contributed by atoms with Gasteiger partial charge in [-0.15, -0.1) is 10.2 Å². The number of para-hydroxylation sites is 1. The van der Waals surface area contributed by atoms with Gasteiger partial charge in [-0.3, -0.25) is 4.72 Å². The summed E-state index contributed by atoms with van der Waals surface area (Å²) in [6.07, 6.45) is 4.10. The average molecular weight is 441 g/mol. The summed E-state index contributed by atoms with van der Waals surface area (Å²) in [5, 5.41) is 8.68. The molecule has 0 unspecified atom stereocenters. The molecule has 31 heavy (non-hydrogen) atoms. The Morgan fingerprint density at radius 2 is 1.90 bits per heavy atom. The summed E-state index contributed by atoms with van der Waals surface area (Å²) in [7, 11) is -2.71. The van der Waals surface area contributed by atoms with Crippen molar-refractivity contribution < 1.29 is 17.9 Å². The van der Waals surface area contributed by atoms with Gasteiger partial charge in [-0.25, -0.2) is 13.2 Å². The third-order valence-electron chi connectivity index (χ3n) is 5.42. The van der Waals surface area contributed by atoms with Crippen LogP contribution in [-0.4, -0.2) is 36.3 Å². The van der Waals surface area contributed by atoms with E-state index < -0.39 is 16.0 Å². The third-order valence-corrected chi connectivity index (χ3v) is 6.93. The highest BCUT2D eigenvalue weighted by Crippen LogP contribution is 2.31. The highest BCUT2D eigenvalue weighted by Gasteiger charge is 2.23. The summed E-state index contributed by atoms with van der Waals surface area (Å²) in [6.45, 7) is 2.49. The second kappa shape index (κ2) is 8.50. The molecule has 0 radical (unpaired) electrons. The number of carbonyl (C=O) groups excluding carboxylic acids is 1. The van der Waals surface area contributed by atoms with E-state index in [9.17, 15) is 13.2 Å². The summed E-state index contributed by atoms with van der Waals surface area (Å²) in [5.41, 5.74) is 1.76. The van der Waals surface area contributed by atoms with Crippen molar-refractivity contribution in [3.05, 3.63) is 59.4 Å². The van der Waals surface area contributed by atoms with E-state index in [0.717, 1.165) is 38.1 Å². The number of aromatic nitrogens is 3. The quantitative estimate of drug-likeness (QED) is 0.609. The molecule has 1 aliphatic heterocycles. The highest BCUT2D eigenvalue weighted by molar-refractivity contribution is 7.92. The minimum absolute atomic E-state index is 0.0188. The molecule has 9 heteroatoms. The first-order chi connectivity index (χ1) is 14.9. The number of anilines is 1. The minimum atomic E-state index is -3.97. The number of methoxy groups -OCH3 is 1. The van der Waals surface area contributed by atoms with Crippen molar-refractivity contribution in [3.8, 4) is 11.4 Å². The van der Waals surface area contributed by atoms with E-state index >= 15 is 0 Å². The van der Waals surface area contributed by atoms with E-state index in [1.54, 1.807) is 31.2 Å². The smallest absolute Gasteiger partial charge is 0.337 e. The molecule has 1 aromatic heterocycles. The molecule has 1 aliphatic rings. The Balaban J connectivity index is 1.74. The molecule has 0 aliphatic carbocycles. The van der Waals surface area contributed by atoms with Crippen LogP contribution in [0.1, 0.15) is 41.0 Å². The van der Waals surface area contributed by atoms with Crippen molar-refractivity contribution in [2.24, 2.45) is 0 Å². The number of nitrogens with zero attached hydrogens (tertiary/aromatic N) is 3. The van der Waals surface area contributed by atoms with Gasteiger partial charge in [0, 0.05) is 18.5 Å². The Bertz CT molecular complexity index is 1230. The topological polar surface area (TPSA) is 103 Å². The van der Waals surface area contributed by atoms with Crippen LogP contribution < -0.4 is 4.72 Å². The fourth-order valence-electron chi connectivity index (χ4n) is 3.79. The predicted molar refractivity (Wildman–Crippen MR) is 116 cm³/mol. The number of ether oxygens (including phenoxy) is 1. The molecule has 4 rings (SSSR count). The van der Waals surface area contributed by atoms with E-state index in [1.165, 1.54) is 13.2 Å². The zero-order valence-corrected chi connectivity index (χ0v) is 18.3. The number of nitrogens with one attached hydrogen (secondary N) is 1. The number of fused-ring (bicyclic) bond motifs is 1. The Morgan fingerprint density at radius 3 is 2.71 bits per heavy atom. The highest BCUT2D eigenvalue weighted by atomic mass is 32.2. The van der Waals surface area contributed by atoms with Crippen LogP contribution in [0.15, 0.2) is 47.4 Å². The molecular weight excluding hydrogens is 416 g/mol. The number of benzene rings is 2. The van der Waals surface area contributed by atoms with Gasteiger partial charge >= 0.3 is 5.97 Å². The summed E-state index contributed by atoms with van der Waals surface area (Å²) in [4.78, 5) is 11.9. The summed E-state index contributed by atoms with van der Waals surface area (Å²) in [5.74, 6) is 0.977. The molecular formula is C22H24N4O4S. The van der Waals surface area contributed by atoms with Crippen molar-refractivity contribution >= 4 is 21.7 Å². The molecule has 0 saturated heterocycles. The first-order valence-corrected chi connectivity index (χ1v) is 11.6. The lowest BCUT2D eigenvalue weighted by atomic mass is 10.1. The molecule has 2 aromatic carbocycles. The minimum Gasteiger partial charge on any atom is -0.465 e. The molecule has 8 nitrogen and oxygen atoms in total. The normalized spacial score (nSPS) is 13.9. The third kappa shape index (κ3) is 4.18. The zero-order chi connectivity index (χ0) is 22.0. The van der Waals surface area contributed by atoms with E-state index in [0.29, 0.717) is 22.6 Å². The number of hydrogen-bond acceptors (Lipinski definition) is 6. The molecule has 0 saturated carbocycles. The predicted octanol–water partition coefficient (Wildman–Crippen LogP) is 3.57. The maximum Gasteiger partial charge on any atom is 0.337 e. The monoisotopic (exact) mass is 440 g/mol. The molecule has 0 fully saturated rings. The standard InChI is InChI=1S/C22H24N4O4S/c1-15-11-12-16(22(27)30-2)14-19(15)31(28,29)25-18-9-6-5-8-17(18)21-24-23-20-10-4-3-7-13-26(20)21/h5-6,8-9,11-12,14,25H,3-4,7,10,13H2,1-2H3. The Kier molecular flexibility index (Phi) is 5.77. The molecule has 2 heterocycles. The van der Waals surface area contributed by atoms with Gasteiger partial charge < -0.3 is 9.30 Å². The maximum absolute atomic E-state index is 13.2. The maximum atomic E-state index is 13.2. The molecule has 0 amide bonds. The van der Waals surface area contributed by atoms with E-state index in [1.807, 2.05) is 12.1 Å². The molecule has 1 N–H and O–H groups in total. The van der Waals surface area contributed by atoms with Crippen molar-refractivity contribution in [1.82, 2.24) is 14.8 Å². The SMILES string of the molecule is COC(=O)c1ccc(C)c(S(=O)(=O)Nc2ccccc2-c2nnc3n2CCCCC3)c1. The number of sulfonamides is 1. The van der Waals surface area contributed by atoms with Crippen LogP contribution in [0.5, 0.6) is 0 Å². The fraction of sp³-hybridized carbons (Fsp3) is 0.318. The fourth-order valence-corrected chi connectivity index (χ4v) is 5.14. The van der Waals surface area contributed by atoms with E-state index in [-0.39, 0.29) is 10.5 Å². The lowest BCUT2D eigenvalue weighted by molar-refractivity contribution is 0.0600. The largest absolute Gasteiger partial charge is 0.465 e. The van der Waals surface area contributed by atoms with Gasteiger partial charge in [0.25, 0.3) is 10.0 Å². The van der Waals surface area contributed by atoms with Gasteiger partial charge in [-0.2, -0.15) is 0 Å². The Morgan fingerprint density at radius 1 is 1.10 bits per heavy atom. The van der Waals surface area contributed by atoms with Crippen LogP contribution in [0.2, 0.25) is 0 Å². The molecule has 0 bridgehead atoms. The first kappa shape index (κ1) is 21.0. The summed E-state index contributed by atoms with van der Waals surface area (Å²) < 4.78 is 36.0. The van der Waals surface area contributed by atoms with Gasteiger partial charge in [0.05, 0.1) is 23.3 Å². The number of hydrogen-bond donors (Lipinski definition) is 1. The lowest BCUT2D eigenvalue weighted by Gasteiger charge is -2.15. The second-order valence-corrected chi connectivity index (χ2v) is 9.18. The van der Waals surface area contributed by atoms with Gasteiger partial charge in [0.1, 0.15) is 5.82 Å². The molecule has 3 aromatic rings. The first-order valence-electron chi connectivity index (χ1n) is 10.1. The van der Waals surface area contributed by atoms with Crippen molar-refractivity contribution in [1.29, 1.82) is 0 Å². The Hall–Kier alpha value is -3.20. The van der Waals surface area contributed by atoms with Crippen LogP contribution in [0.4, 0.5) is 5.69 Å². The number of carbonyl (C=O) groups is 1. The van der Waals surface area contributed by atoms with Gasteiger partial charge in [-0.05, 0) is 49.6 Å². The van der Waals surface area contributed by atoms with Crippen LogP contribution in [-0.2, 0) is 27.7 Å². The van der Waals surface area contributed by atoms with E-state index in [2.05, 4.69) is 19.5 Å². The molecule has 0 spiro atoms. The van der Waals surface area contributed by atoms with Crippen molar-refractivity contribution in [2.45, 2.75) is 44.0 Å². The van der Waals surface area contributed by atoms with E-state index in [4.69, 9.17) is 4.74 Å². The lowest BCUT2D eigenvalue weighted by Crippen LogP contribution is -2.16. The van der Waals surface area contributed by atoms with Crippen molar-refractivity contribution in [3.63, 3.8) is 0 Å². The van der Waals surface area contributed by atoms with Gasteiger partial charge in [-0.1, -0.05) is 24.6 Å².